The molecule has 0 saturated carbocycles. The Balaban J connectivity index is 1.55. The van der Waals surface area contributed by atoms with Crippen LogP contribution in [0.5, 0.6) is 0 Å². The first-order chi connectivity index (χ1) is 13.0. The van der Waals surface area contributed by atoms with Gasteiger partial charge in [0, 0.05) is 23.7 Å². The van der Waals surface area contributed by atoms with Crippen molar-refractivity contribution in [3.8, 4) is 11.3 Å². The van der Waals surface area contributed by atoms with Crippen molar-refractivity contribution in [2.45, 2.75) is 24.3 Å². The van der Waals surface area contributed by atoms with E-state index in [4.69, 9.17) is 11.6 Å². The van der Waals surface area contributed by atoms with E-state index in [1.165, 1.54) is 4.31 Å². The highest BCUT2D eigenvalue weighted by molar-refractivity contribution is 7.89. The standard InChI is InChI=1S/C19H19ClN4O2S/c1-14-17(20)8-5-9-19(14)27(25,26)23-11-10-16(12-23)24-13-18(21-22-24)15-6-3-2-4-7-15/h2-9,13,16H,10-12H2,1H3/t16-/m0/s1. The van der Waals surface area contributed by atoms with Crippen molar-refractivity contribution < 1.29 is 8.42 Å². The van der Waals surface area contributed by atoms with Crippen LogP contribution in [0, 0.1) is 6.92 Å². The number of rotatable bonds is 4. The lowest BCUT2D eigenvalue weighted by Gasteiger charge is -2.18. The minimum atomic E-state index is -3.59. The molecule has 27 heavy (non-hydrogen) atoms. The number of aromatic nitrogens is 3. The van der Waals surface area contributed by atoms with Gasteiger partial charge in [0.25, 0.3) is 0 Å². The molecule has 0 bridgehead atoms. The summed E-state index contributed by atoms with van der Waals surface area (Å²) < 4.78 is 29.3. The van der Waals surface area contributed by atoms with E-state index in [2.05, 4.69) is 10.3 Å². The molecular weight excluding hydrogens is 384 g/mol. The predicted molar refractivity (Wildman–Crippen MR) is 104 cm³/mol. The zero-order valence-electron chi connectivity index (χ0n) is 14.8. The molecule has 1 aromatic heterocycles. The van der Waals surface area contributed by atoms with E-state index in [0.717, 1.165) is 11.3 Å². The fourth-order valence-corrected chi connectivity index (χ4v) is 5.32. The van der Waals surface area contributed by atoms with Gasteiger partial charge in [-0.05, 0) is 31.0 Å². The van der Waals surface area contributed by atoms with Crippen LogP contribution in [-0.4, -0.2) is 40.8 Å². The van der Waals surface area contributed by atoms with Crippen molar-refractivity contribution in [3.63, 3.8) is 0 Å². The molecule has 1 aliphatic heterocycles. The van der Waals surface area contributed by atoms with Gasteiger partial charge in [0.15, 0.2) is 0 Å². The van der Waals surface area contributed by atoms with Crippen LogP contribution in [0.2, 0.25) is 5.02 Å². The normalized spacial score (nSPS) is 18.1. The summed E-state index contributed by atoms with van der Waals surface area (Å²) in [4.78, 5) is 0.263. The zero-order valence-corrected chi connectivity index (χ0v) is 16.4. The van der Waals surface area contributed by atoms with Crippen LogP contribution in [0.15, 0.2) is 59.6 Å². The Kier molecular flexibility index (Phi) is 4.75. The van der Waals surface area contributed by atoms with Gasteiger partial charge >= 0.3 is 0 Å². The second kappa shape index (κ2) is 7.07. The predicted octanol–water partition coefficient (Wildman–Crippen LogP) is 3.54. The smallest absolute Gasteiger partial charge is 0.243 e. The molecule has 0 unspecified atom stereocenters. The van der Waals surface area contributed by atoms with E-state index in [9.17, 15) is 8.42 Å². The maximum atomic E-state index is 13.0. The van der Waals surface area contributed by atoms with Gasteiger partial charge in [-0.1, -0.05) is 53.2 Å². The van der Waals surface area contributed by atoms with Crippen molar-refractivity contribution in [3.05, 3.63) is 65.3 Å². The third-order valence-corrected chi connectivity index (χ3v) is 7.33. The van der Waals surface area contributed by atoms with Crippen molar-refractivity contribution in [2.75, 3.05) is 13.1 Å². The summed E-state index contributed by atoms with van der Waals surface area (Å²) in [5.74, 6) is 0. The average molecular weight is 403 g/mol. The largest absolute Gasteiger partial charge is 0.247 e. The first kappa shape index (κ1) is 18.2. The summed E-state index contributed by atoms with van der Waals surface area (Å²) in [7, 11) is -3.59. The molecule has 1 fully saturated rings. The molecule has 0 aliphatic carbocycles. The molecule has 0 N–H and O–H groups in total. The monoisotopic (exact) mass is 402 g/mol. The summed E-state index contributed by atoms with van der Waals surface area (Å²) >= 11 is 6.11. The Morgan fingerprint density at radius 1 is 1.11 bits per heavy atom. The Hall–Kier alpha value is -2.22. The molecule has 3 aromatic rings. The van der Waals surface area contributed by atoms with Crippen LogP contribution < -0.4 is 0 Å². The quantitative estimate of drug-likeness (QED) is 0.669. The van der Waals surface area contributed by atoms with E-state index in [-0.39, 0.29) is 10.9 Å². The second-order valence-electron chi connectivity index (χ2n) is 6.62. The van der Waals surface area contributed by atoms with Crippen molar-refractivity contribution in [1.29, 1.82) is 0 Å². The van der Waals surface area contributed by atoms with Crippen molar-refractivity contribution in [2.24, 2.45) is 0 Å². The average Bonchev–Trinajstić information content (AvgIpc) is 3.34. The van der Waals surface area contributed by atoms with Crippen LogP contribution in [-0.2, 0) is 10.0 Å². The molecule has 2 heterocycles. The fraction of sp³-hybridized carbons (Fsp3) is 0.263. The van der Waals surface area contributed by atoms with Gasteiger partial charge in [0.2, 0.25) is 10.0 Å². The van der Waals surface area contributed by atoms with Crippen LogP contribution in [0.1, 0.15) is 18.0 Å². The van der Waals surface area contributed by atoms with Crippen molar-refractivity contribution >= 4 is 21.6 Å². The zero-order chi connectivity index (χ0) is 19.0. The molecule has 1 aliphatic rings. The van der Waals surface area contributed by atoms with Gasteiger partial charge in [-0.2, -0.15) is 4.31 Å². The van der Waals surface area contributed by atoms with Crippen LogP contribution in [0.4, 0.5) is 0 Å². The lowest BCUT2D eigenvalue weighted by atomic mass is 10.2. The minimum absolute atomic E-state index is 0.0378. The van der Waals surface area contributed by atoms with E-state index < -0.39 is 10.0 Å². The summed E-state index contributed by atoms with van der Waals surface area (Å²) in [6.45, 7) is 2.54. The number of nitrogens with zero attached hydrogens (tertiary/aromatic N) is 4. The Bertz CT molecular complexity index is 1070. The lowest BCUT2D eigenvalue weighted by Crippen LogP contribution is -2.30. The number of halogens is 1. The molecule has 140 valence electrons. The molecule has 6 nitrogen and oxygen atoms in total. The van der Waals surface area contributed by atoms with Gasteiger partial charge in [-0.25, -0.2) is 13.1 Å². The van der Waals surface area contributed by atoms with Crippen molar-refractivity contribution in [1.82, 2.24) is 19.3 Å². The highest BCUT2D eigenvalue weighted by Crippen LogP contribution is 2.31. The summed E-state index contributed by atoms with van der Waals surface area (Å²) in [5, 5.41) is 8.90. The SMILES string of the molecule is Cc1c(Cl)cccc1S(=O)(=O)N1CC[C@H](n2cc(-c3ccccc3)nn2)C1. The second-order valence-corrected chi connectivity index (χ2v) is 8.93. The number of hydrogen-bond acceptors (Lipinski definition) is 4. The lowest BCUT2D eigenvalue weighted by molar-refractivity contribution is 0.428. The maximum absolute atomic E-state index is 13.0. The molecule has 1 atom stereocenters. The minimum Gasteiger partial charge on any atom is -0.247 e. The van der Waals surface area contributed by atoms with Gasteiger partial charge in [0.05, 0.1) is 17.1 Å². The first-order valence-corrected chi connectivity index (χ1v) is 10.5. The van der Waals surface area contributed by atoms with Crippen LogP contribution in [0.3, 0.4) is 0 Å². The van der Waals surface area contributed by atoms with Crippen LogP contribution in [0.25, 0.3) is 11.3 Å². The summed E-state index contributed by atoms with van der Waals surface area (Å²) in [5.41, 5.74) is 2.35. The number of hydrogen-bond donors (Lipinski definition) is 0. The van der Waals surface area contributed by atoms with Gasteiger partial charge in [-0.15, -0.1) is 5.10 Å². The molecule has 8 heteroatoms. The number of benzene rings is 2. The molecule has 0 spiro atoms. The van der Waals surface area contributed by atoms with E-state index in [0.29, 0.717) is 30.1 Å². The highest BCUT2D eigenvalue weighted by Gasteiger charge is 2.35. The van der Waals surface area contributed by atoms with Gasteiger partial charge < -0.3 is 0 Å². The topological polar surface area (TPSA) is 68.1 Å². The molecule has 2 aromatic carbocycles. The molecule has 0 radical (unpaired) electrons. The third-order valence-electron chi connectivity index (χ3n) is 4.92. The molecule has 4 rings (SSSR count). The third kappa shape index (κ3) is 3.38. The van der Waals surface area contributed by atoms with E-state index >= 15 is 0 Å². The van der Waals surface area contributed by atoms with E-state index in [1.807, 2.05) is 36.5 Å². The first-order valence-electron chi connectivity index (χ1n) is 8.69. The number of sulfonamides is 1. The maximum Gasteiger partial charge on any atom is 0.243 e. The Morgan fingerprint density at radius 2 is 1.89 bits per heavy atom. The molecule has 0 amide bonds. The highest BCUT2D eigenvalue weighted by atomic mass is 35.5. The molecule has 1 saturated heterocycles. The van der Waals surface area contributed by atoms with E-state index in [1.54, 1.807) is 29.8 Å². The summed E-state index contributed by atoms with van der Waals surface area (Å²) in [6, 6.07) is 14.7. The molecular formula is C19H19ClN4O2S. The van der Waals surface area contributed by atoms with Crippen LogP contribution >= 0.6 is 11.6 Å². The van der Waals surface area contributed by atoms with Gasteiger partial charge in [0.1, 0.15) is 5.69 Å². The Morgan fingerprint density at radius 3 is 2.67 bits per heavy atom. The van der Waals surface area contributed by atoms with Gasteiger partial charge in [-0.3, -0.25) is 0 Å². The fourth-order valence-electron chi connectivity index (χ4n) is 3.35. The summed E-state index contributed by atoms with van der Waals surface area (Å²) in [6.07, 6.45) is 2.57. The Labute approximate surface area is 163 Å².